The summed E-state index contributed by atoms with van der Waals surface area (Å²) in [6.07, 6.45) is -4.88. The van der Waals surface area contributed by atoms with Gasteiger partial charge in [-0.25, -0.2) is 0 Å². The molecule has 5 nitrogen and oxygen atoms in total. The third kappa shape index (κ3) is 4.53. The van der Waals surface area contributed by atoms with Crippen molar-refractivity contribution in [3.8, 4) is 0 Å². The molecule has 0 saturated heterocycles. The average Bonchev–Trinajstić information content (AvgIpc) is 2.59. The molecule has 12 heteroatoms. The van der Waals surface area contributed by atoms with Crippen LogP contribution in [0.25, 0.3) is 0 Å². The largest absolute Gasteiger partial charge is 0.488 e. The van der Waals surface area contributed by atoms with Crippen LogP contribution < -0.4 is 10.9 Å². The van der Waals surface area contributed by atoms with Crippen LogP contribution in [0.1, 0.15) is 27.0 Å². The number of halogens is 5. The second kappa shape index (κ2) is 7.39. The van der Waals surface area contributed by atoms with Crippen LogP contribution in [-0.2, 0) is 12.1 Å². The summed E-state index contributed by atoms with van der Waals surface area (Å²) in [4.78, 5) is 10.9. The van der Waals surface area contributed by atoms with Crippen molar-refractivity contribution in [3.63, 3.8) is 0 Å². The normalized spacial score (nSPS) is 12.0. The van der Waals surface area contributed by atoms with Crippen LogP contribution in [0, 0.1) is 0 Å². The lowest BCUT2D eigenvalue weighted by atomic mass is 9.76. The summed E-state index contributed by atoms with van der Waals surface area (Å²) in [5.74, 6) is -4.12. The third-order valence-corrected chi connectivity index (χ3v) is 3.72. The Morgan fingerprint density at radius 3 is 1.59 bits per heavy atom. The summed E-state index contributed by atoms with van der Waals surface area (Å²) in [5.41, 5.74) is -5.37. The molecular formula is C15H11B2F5O5. The van der Waals surface area contributed by atoms with Gasteiger partial charge in [-0.1, -0.05) is 24.3 Å². The monoisotopic (exact) mass is 388 g/mol. The number of alkyl halides is 5. The molecule has 4 N–H and O–H groups in total. The maximum atomic E-state index is 14.8. The van der Waals surface area contributed by atoms with Gasteiger partial charge in [0, 0.05) is 16.7 Å². The van der Waals surface area contributed by atoms with Crippen molar-refractivity contribution in [1.29, 1.82) is 0 Å². The maximum Gasteiger partial charge on any atom is 0.488 e. The van der Waals surface area contributed by atoms with E-state index in [2.05, 4.69) is 0 Å². The number of hydrogen-bond donors (Lipinski definition) is 4. The molecule has 0 saturated carbocycles. The number of carbonyl (C=O) groups is 1. The van der Waals surface area contributed by atoms with Gasteiger partial charge in [0.2, 0.25) is 0 Å². The molecular weight excluding hydrogens is 377 g/mol. The van der Waals surface area contributed by atoms with Crippen molar-refractivity contribution < 1.29 is 46.8 Å². The maximum absolute atomic E-state index is 14.8. The van der Waals surface area contributed by atoms with E-state index in [4.69, 9.17) is 20.1 Å². The van der Waals surface area contributed by atoms with Gasteiger partial charge in [-0.3, -0.25) is 4.79 Å². The highest BCUT2D eigenvalue weighted by Crippen LogP contribution is 2.38. The molecule has 0 aromatic heterocycles. The molecule has 0 aliphatic rings. The van der Waals surface area contributed by atoms with Crippen molar-refractivity contribution >= 4 is 31.4 Å². The van der Waals surface area contributed by atoms with E-state index in [1.165, 1.54) is 0 Å². The molecule has 2 aromatic carbocycles. The fourth-order valence-electron chi connectivity index (χ4n) is 2.39. The molecule has 0 spiro atoms. The van der Waals surface area contributed by atoms with E-state index in [1.54, 1.807) is 0 Å². The van der Waals surface area contributed by atoms with Crippen LogP contribution >= 0.6 is 0 Å². The van der Waals surface area contributed by atoms with Crippen LogP contribution in [0.2, 0.25) is 0 Å². The topological polar surface area (TPSA) is 98.0 Å². The quantitative estimate of drug-likeness (QED) is 0.329. The minimum atomic E-state index is -5.03. The Hall–Kier alpha value is -2.27. The first-order valence-electron chi connectivity index (χ1n) is 7.29. The van der Waals surface area contributed by atoms with E-state index in [-0.39, 0.29) is 17.9 Å². The number of carbonyl (C=O) groups excluding carboxylic acids is 1. The van der Waals surface area contributed by atoms with Gasteiger partial charge >= 0.3 is 20.4 Å². The molecule has 0 unspecified atom stereocenters. The highest BCUT2D eigenvalue weighted by Gasteiger charge is 2.39. The minimum Gasteiger partial charge on any atom is -0.423 e. The van der Waals surface area contributed by atoms with Crippen LogP contribution in [0.4, 0.5) is 22.0 Å². The van der Waals surface area contributed by atoms with Crippen LogP contribution in [-0.4, -0.2) is 40.6 Å². The summed E-state index contributed by atoms with van der Waals surface area (Å²) < 4.78 is 68.6. The van der Waals surface area contributed by atoms with E-state index in [0.29, 0.717) is 24.3 Å². The molecule has 2 rings (SSSR count). The number of hydrogen-bond acceptors (Lipinski definition) is 5. The third-order valence-electron chi connectivity index (χ3n) is 3.72. The van der Waals surface area contributed by atoms with Crippen LogP contribution in [0.3, 0.4) is 0 Å². The predicted molar refractivity (Wildman–Crippen MR) is 85.9 cm³/mol. The molecule has 0 radical (unpaired) electrons. The van der Waals surface area contributed by atoms with E-state index < -0.39 is 54.0 Å². The Bertz CT molecular complexity index is 855. The first-order valence-corrected chi connectivity index (χ1v) is 7.29. The van der Waals surface area contributed by atoms with Crippen LogP contribution in [0.15, 0.2) is 36.4 Å². The predicted octanol–water partition coefficient (Wildman–Crippen LogP) is 0.0176. The van der Waals surface area contributed by atoms with Crippen molar-refractivity contribution in [3.05, 3.63) is 58.7 Å². The highest BCUT2D eigenvalue weighted by molar-refractivity contribution is 6.59. The molecule has 142 valence electrons. The zero-order valence-electron chi connectivity index (χ0n) is 13.3. The molecule has 0 atom stereocenters. The average molecular weight is 388 g/mol. The molecule has 0 aliphatic heterocycles. The first-order chi connectivity index (χ1) is 12.4. The number of rotatable bonds is 5. The molecule has 2 aromatic rings. The number of benzene rings is 2. The standard InChI is InChI=1S/C15H11B2F5O5/c18-14(19,9-1-8(7-23)2-12(4-9)16(24)25)10-3-11(15(20,21)22)6-13(5-10)17(26)27/h1-7,24-27H. The van der Waals surface area contributed by atoms with E-state index in [0.717, 1.165) is 6.07 Å². The van der Waals surface area contributed by atoms with Gasteiger partial charge < -0.3 is 20.1 Å². The summed E-state index contributed by atoms with van der Waals surface area (Å²) in [6, 6.07) is 3.14. The van der Waals surface area contributed by atoms with Gasteiger partial charge in [-0.05, 0) is 23.1 Å². The Kier molecular flexibility index (Phi) is 5.76. The lowest BCUT2D eigenvalue weighted by Crippen LogP contribution is -2.34. The Morgan fingerprint density at radius 2 is 1.15 bits per heavy atom. The first kappa shape index (κ1) is 21.0. The van der Waals surface area contributed by atoms with Gasteiger partial charge in [0.15, 0.2) is 0 Å². The van der Waals surface area contributed by atoms with Gasteiger partial charge in [0.05, 0.1) is 5.56 Å². The lowest BCUT2D eigenvalue weighted by molar-refractivity contribution is -0.137. The Morgan fingerprint density at radius 1 is 0.704 bits per heavy atom. The molecule has 0 aliphatic carbocycles. The van der Waals surface area contributed by atoms with E-state index in [1.807, 2.05) is 0 Å². The summed E-state index contributed by atoms with van der Waals surface area (Å²) in [6.45, 7) is 0. The van der Waals surface area contributed by atoms with Crippen molar-refractivity contribution in [2.45, 2.75) is 12.1 Å². The summed E-state index contributed by atoms with van der Waals surface area (Å²) in [5, 5.41) is 36.5. The Balaban J connectivity index is 2.70. The van der Waals surface area contributed by atoms with Crippen LogP contribution in [0.5, 0.6) is 0 Å². The fourth-order valence-corrected chi connectivity index (χ4v) is 2.39. The zero-order chi connectivity index (χ0) is 20.6. The van der Waals surface area contributed by atoms with Crippen molar-refractivity contribution in [2.24, 2.45) is 0 Å². The highest BCUT2D eigenvalue weighted by atomic mass is 19.4. The SMILES string of the molecule is O=Cc1cc(B(O)O)cc(C(F)(F)c2cc(B(O)O)cc(C(F)(F)F)c2)c1. The molecule has 0 amide bonds. The van der Waals surface area contributed by atoms with Crippen molar-refractivity contribution in [2.75, 3.05) is 0 Å². The smallest absolute Gasteiger partial charge is 0.423 e. The van der Waals surface area contributed by atoms with Crippen molar-refractivity contribution in [1.82, 2.24) is 0 Å². The second-order valence-corrected chi connectivity index (χ2v) is 5.67. The minimum absolute atomic E-state index is 0.133. The fraction of sp³-hybridized carbons (Fsp3) is 0.133. The van der Waals surface area contributed by atoms with E-state index >= 15 is 0 Å². The summed E-state index contributed by atoms with van der Waals surface area (Å²) >= 11 is 0. The summed E-state index contributed by atoms with van der Waals surface area (Å²) in [7, 11) is -4.63. The molecule has 27 heavy (non-hydrogen) atoms. The van der Waals surface area contributed by atoms with Gasteiger partial charge in [0.1, 0.15) is 6.29 Å². The Labute approximate surface area is 150 Å². The molecule has 0 bridgehead atoms. The van der Waals surface area contributed by atoms with E-state index in [9.17, 15) is 26.7 Å². The number of aldehydes is 1. The van der Waals surface area contributed by atoms with Gasteiger partial charge in [-0.2, -0.15) is 22.0 Å². The lowest BCUT2D eigenvalue weighted by Gasteiger charge is -2.21. The zero-order valence-corrected chi connectivity index (χ0v) is 13.3. The second-order valence-electron chi connectivity index (χ2n) is 5.67. The molecule has 0 fully saturated rings. The van der Waals surface area contributed by atoms with Gasteiger partial charge in [0.25, 0.3) is 5.92 Å². The molecule has 0 heterocycles. The van der Waals surface area contributed by atoms with Gasteiger partial charge in [-0.15, -0.1) is 0 Å².